The number of aromatic nitrogens is 4. The van der Waals surface area contributed by atoms with Crippen molar-refractivity contribution in [3.63, 3.8) is 0 Å². The van der Waals surface area contributed by atoms with Gasteiger partial charge in [0.25, 0.3) is 0 Å². The molecule has 2 aromatic rings. The molecule has 1 spiro atoms. The zero-order chi connectivity index (χ0) is 21.6. The van der Waals surface area contributed by atoms with Crippen LogP contribution in [0.4, 0.5) is 18.9 Å². The first kappa shape index (κ1) is 21.1. The molecule has 1 saturated carbocycles. The van der Waals surface area contributed by atoms with Crippen molar-refractivity contribution >= 4 is 15.5 Å². The molecule has 2 heterocycles. The van der Waals surface area contributed by atoms with Gasteiger partial charge in [0, 0.05) is 25.0 Å². The number of aromatic amines is 1. The van der Waals surface area contributed by atoms with E-state index < -0.39 is 26.5 Å². The number of alkyl halides is 3. The third-order valence-electron chi connectivity index (χ3n) is 6.30. The summed E-state index contributed by atoms with van der Waals surface area (Å²) in [5.74, 6) is -0.153. The van der Waals surface area contributed by atoms with Crippen LogP contribution in [0.5, 0.6) is 0 Å². The zero-order valence-corrected chi connectivity index (χ0v) is 17.5. The van der Waals surface area contributed by atoms with Gasteiger partial charge in [-0.25, -0.2) is 8.42 Å². The number of piperidine rings is 1. The summed E-state index contributed by atoms with van der Waals surface area (Å²) in [5, 5.41) is 13.4. The van der Waals surface area contributed by atoms with Crippen LogP contribution in [-0.2, 0) is 16.0 Å². The predicted octanol–water partition coefficient (Wildman–Crippen LogP) is 3.84. The topological polar surface area (TPSA) is 91.8 Å². The monoisotopic (exact) mass is 443 g/mol. The molecule has 30 heavy (non-hydrogen) atoms. The van der Waals surface area contributed by atoms with Crippen molar-refractivity contribution in [2.45, 2.75) is 56.0 Å². The maximum absolute atomic E-state index is 13.7. The first-order valence-corrected chi connectivity index (χ1v) is 11.9. The van der Waals surface area contributed by atoms with Gasteiger partial charge >= 0.3 is 6.18 Å². The summed E-state index contributed by atoms with van der Waals surface area (Å²) in [6.07, 6.45) is 3.60. The third kappa shape index (κ3) is 3.91. The highest BCUT2D eigenvalue weighted by Crippen LogP contribution is 2.48. The van der Waals surface area contributed by atoms with Crippen LogP contribution in [0.15, 0.2) is 17.0 Å². The average Bonchev–Trinajstić information content (AvgIpc) is 3.20. The van der Waals surface area contributed by atoms with Gasteiger partial charge in [0.15, 0.2) is 9.84 Å². The van der Waals surface area contributed by atoms with Gasteiger partial charge in [-0.3, -0.25) is 0 Å². The highest BCUT2D eigenvalue weighted by molar-refractivity contribution is 7.91. The summed E-state index contributed by atoms with van der Waals surface area (Å²) in [6, 6.07) is 2.21. The fourth-order valence-corrected chi connectivity index (χ4v) is 6.20. The molecule has 1 aromatic heterocycles. The molecule has 0 unspecified atom stereocenters. The highest BCUT2D eigenvalue weighted by Gasteiger charge is 2.42. The molecular formula is C19H24F3N5O2S. The van der Waals surface area contributed by atoms with Crippen molar-refractivity contribution in [2.24, 2.45) is 5.41 Å². The number of tetrazole rings is 1. The minimum Gasteiger partial charge on any atom is -0.370 e. The van der Waals surface area contributed by atoms with Gasteiger partial charge in [0.2, 0.25) is 5.82 Å². The number of rotatable bonds is 3. The van der Waals surface area contributed by atoms with Crippen molar-refractivity contribution in [1.82, 2.24) is 20.6 Å². The van der Waals surface area contributed by atoms with Crippen LogP contribution in [0.3, 0.4) is 0 Å². The van der Waals surface area contributed by atoms with E-state index in [0.29, 0.717) is 18.8 Å². The quantitative estimate of drug-likeness (QED) is 0.775. The number of H-pyrrole nitrogens is 1. The molecule has 1 aliphatic carbocycles. The molecule has 2 aliphatic rings. The van der Waals surface area contributed by atoms with E-state index in [1.807, 2.05) is 4.90 Å². The first-order chi connectivity index (χ1) is 14.1. The zero-order valence-electron chi connectivity index (χ0n) is 16.7. The normalized spacial score (nSPS) is 19.9. The summed E-state index contributed by atoms with van der Waals surface area (Å²) < 4.78 is 66.2. The lowest BCUT2D eigenvalue weighted by atomic mass is 9.69. The van der Waals surface area contributed by atoms with Crippen LogP contribution < -0.4 is 4.90 Å². The van der Waals surface area contributed by atoms with Gasteiger partial charge < -0.3 is 4.90 Å². The molecule has 1 aromatic carbocycles. The summed E-state index contributed by atoms with van der Waals surface area (Å²) >= 11 is 0. The molecular weight excluding hydrogens is 419 g/mol. The van der Waals surface area contributed by atoms with E-state index in [1.54, 1.807) is 0 Å². The minimum absolute atomic E-state index is 0.124. The van der Waals surface area contributed by atoms with E-state index in [2.05, 4.69) is 20.6 Å². The van der Waals surface area contributed by atoms with Crippen molar-refractivity contribution in [3.8, 4) is 11.4 Å². The van der Waals surface area contributed by atoms with E-state index in [-0.39, 0.29) is 16.8 Å². The molecule has 2 fully saturated rings. The number of nitrogens with one attached hydrogen (secondary N) is 1. The van der Waals surface area contributed by atoms with Gasteiger partial charge in [-0.1, -0.05) is 19.3 Å². The van der Waals surface area contributed by atoms with Crippen LogP contribution in [0.2, 0.25) is 0 Å². The van der Waals surface area contributed by atoms with Crippen LogP contribution in [0.25, 0.3) is 11.4 Å². The molecule has 0 radical (unpaired) electrons. The second kappa shape index (κ2) is 7.51. The van der Waals surface area contributed by atoms with E-state index in [0.717, 1.165) is 50.8 Å². The predicted molar refractivity (Wildman–Crippen MR) is 105 cm³/mol. The Morgan fingerprint density at radius 2 is 1.80 bits per heavy atom. The van der Waals surface area contributed by atoms with E-state index in [9.17, 15) is 21.6 Å². The summed E-state index contributed by atoms with van der Waals surface area (Å²) in [7, 11) is -4.24. The van der Waals surface area contributed by atoms with E-state index in [1.165, 1.54) is 12.5 Å². The van der Waals surface area contributed by atoms with Crippen LogP contribution in [-0.4, -0.2) is 48.4 Å². The molecule has 1 aliphatic heterocycles. The SMILES string of the molecule is CS(=O)(=O)c1c(C(F)(F)F)ccc(N2CCCC3(CCCCC3)C2)c1-c1nn[nH]n1. The highest BCUT2D eigenvalue weighted by atomic mass is 32.2. The lowest BCUT2D eigenvalue weighted by Gasteiger charge is -2.46. The molecule has 164 valence electrons. The Hall–Kier alpha value is -2.17. The van der Waals surface area contributed by atoms with Gasteiger partial charge in [-0.05, 0) is 48.4 Å². The largest absolute Gasteiger partial charge is 0.417 e. The Kier molecular flexibility index (Phi) is 5.27. The number of anilines is 1. The molecule has 1 N–H and O–H groups in total. The second-order valence-corrected chi connectivity index (χ2v) is 10.4. The molecule has 0 bridgehead atoms. The number of hydrogen-bond donors (Lipinski definition) is 1. The smallest absolute Gasteiger partial charge is 0.370 e. The molecule has 0 atom stereocenters. The van der Waals surface area contributed by atoms with Crippen LogP contribution in [0, 0.1) is 5.41 Å². The van der Waals surface area contributed by atoms with E-state index >= 15 is 0 Å². The van der Waals surface area contributed by atoms with Crippen molar-refractivity contribution < 1.29 is 21.6 Å². The fraction of sp³-hybridized carbons (Fsp3) is 0.632. The summed E-state index contributed by atoms with van der Waals surface area (Å²) in [4.78, 5) is 1.21. The van der Waals surface area contributed by atoms with Crippen molar-refractivity contribution in [1.29, 1.82) is 0 Å². The lowest BCUT2D eigenvalue weighted by Crippen LogP contribution is -2.44. The Morgan fingerprint density at radius 1 is 1.10 bits per heavy atom. The lowest BCUT2D eigenvalue weighted by molar-refractivity contribution is -0.139. The molecule has 11 heteroatoms. The van der Waals surface area contributed by atoms with Crippen LogP contribution >= 0.6 is 0 Å². The average molecular weight is 443 g/mol. The Balaban J connectivity index is 1.90. The second-order valence-electron chi connectivity index (χ2n) is 8.43. The molecule has 0 amide bonds. The standard InChI is InChI=1S/C19H24F3N5O2S/c1-30(28,29)16-13(19(20,21)22)6-7-14(15(16)17-23-25-26-24-17)27-11-5-10-18(12-27)8-3-2-4-9-18/h6-7H,2-5,8-12H2,1H3,(H,23,24,25,26). The summed E-state index contributed by atoms with van der Waals surface area (Å²) in [6.45, 7) is 1.33. The molecule has 1 saturated heterocycles. The Bertz CT molecular complexity index is 1010. The number of hydrogen-bond acceptors (Lipinski definition) is 6. The van der Waals surface area contributed by atoms with Gasteiger partial charge in [0.1, 0.15) is 0 Å². The number of benzene rings is 1. The van der Waals surface area contributed by atoms with Gasteiger partial charge in [-0.2, -0.15) is 18.4 Å². The Labute approximate surface area is 173 Å². The van der Waals surface area contributed by atoms with Gasteiger partial charge in [-0.15, -0.1) is 10.2 Å². The molecule has 7 nitrogen and oxygen atoms in total. The third-order valence-corrected chi connectivity index (χ3v) is 7.46. The van der Waals surface area contributed by atoms with Crippen LogP contribution in [0.1, 0.15) is 50.5 Å². The number of nitrogens with zero attached hydrogens (tertiary/aromatic N) is 4. The van der Waals surface area contributed by atoms with Gasteiger partial charge in [0.05, 0.1) is 16.0 Å². The number of sulfone groups is 1. The maximum atomic E-state index is 13.7. The maximum Gasteiger partial charge on any atom is 0.417 e. The minimum atomic E-state index is -4.83. The Morgan fingerprint density at radius 3 is 2.40 bits per heavy atom. The fourth-order valence-electron chi connectivity index (χ4n) is 5.05. The first-order valence-electron chi connectivity index (χ1n) is 10.0. The van der Waals surface area contributed by atoms with E-state index in [4.69, 9.17) is 0 Å². The number of halogens is 3. The molecule has 4 rings (SSSR count). The van der Waals surface area contributed by atoms with Crippen molar-refractivity contribution in [3.05, 3.63) is 17.7 Å². The van der Waals surface area contributed by atoms with Crippen molar-refractivity contribution in [2.75, 3.05) is 24.2 Å². The summed E-state index contributed by atoms with van der Waals surface area (Å²) in [5.41, 5.74) is -0.805.